The minimum atomic E-state index is -0.806. The van der Waals surface area contributed by atoms with Gasteiger partial charge in [0.05, 0.1) is 0 Å². The van der Waals surface area contributed by atoms with Crippen molar-refractivity contribution in [3.63, 3.8) is 0 Å². The molecular formula is C21H22F2. The highest BCUT2D eigenvalue weighted by Gasteiger charge is 2.14. The van der Waals surface area contributed by atoms with E-state index >= 15 is 0 Å². The number of hydrogen-bond donors (Lipinski definition) is 0. The SMILES string of the molecule is CCCC1CC=C(c2ccc(-c3ccc(F)c(F)c3)cc2)CC1. The molecule has 0 saturated carbocycles. The lowest BCUT2D eigenvalue weighted by Gasteiger charge is -2.21. The summed E-state index contributed by atoms with van der Waals surface area (Å²) >= 11 is 0. The third-order valence-corrected chi connectivity index (χ3v) is 4.73. The summed E-state index contributed by atoms with van der Waals surface area (Å²) < 4.78 is 26.4. The van der Waals surface area contributed by atoms with E-state index in [0.717, 1.165) is 17.9 Å². The summed E-state index contributed by atoms with van der Waals surface area (Å²) in [7, 11) is 0. The molecule has 1 aliphatic rings. The molecule has 0 N–H and O–H groups in total. The van der Waals surface area contributed by atoms with E-state index in [1.165, 1.54) is 49.0 Å². The molecule has 0 bridgehead atoms. The molecule has 1 aliphatic carbocycles. The van der Waals surface area contributed by atoms with Crippen LogP contribution in [-0.2, 0) is 0 Å². The molecule has 3 rings (SSSR count). The van der Waals surface area contributed by atoms with Gasteiger partial charge in [0.1, 0.15) is 0 Å². The molecule has 1 unspecified atom stereocenters. The highest BCUT2D eigenvalue weighted by Crippen LogP contribution is 2.33. The van der Waals surface area contributed by atoms with Crippen LogP contribution in [-0.4, -0.2) is 0 Å². The molecule has 0 heterocycles. The van der Waals surface area contributed by atoms with Gasteiger partial charge in [-0.3, -0.25) is 0 Å². The summed E-state index contributed by atoms with van der Waals surface area (Å²) in [4.78, 5) is 0. The molecule has 0 amide bonds. The second kappa shape index (κ2) is 7.08. The summed E-state index contributed by atoms with van der Waals surface area (Å²) in [6.45, 7) is 2.25. The Bertz CT molecular complexity index is 698. The molecule has 0 aromatic heterocycles. The van der Waals surface area contributed by atoms with Crippen LogP contribution >= 0.6 is 0 Å². The highest BCUT2D eigenvalue weighted by molar-refractivity contribution is 5.71. The fourth-order valence-electron chi connectivity index (χ4n) is 3.37. The van der Waals surface area contributed by atoms with E-state index in [2.05, 4.69) is 25.1 Å². The van der Waals surface area contributed by atoms with E-state index in [1.54, 1.807) is 6.07 Å². The molecular weight excluding hydrogens is 290 g/mol. The average molecular weight is 312 g/mol. The van der Waals surface area contributed by atoms with Crippen LogP contribution in [0.3, 0.4) is 0 Å². The van der Waals surface area contributed by atoms with Crippen LogP contribution in [0.25, 0.3) is 16.7 Å². The Balaban J connectivity index is 1.76. The van der Waals surface area contributed by atoms with Crippen LogP contribution in [0.15, 0.2) is 48.5 Å². The van der Waals surface area contributed by atoms with Crippen LogP contribution < -0.4 is 0 Å². The predicted octanol–water partition coefficient (Wildman–Crippen LogP) is 6.62. The molecule has 2 aromatic carbocycles. The number of halogens is 2. The van der Waals surface area contributed by atoms with Gasteiger partial charge in [-0.2, -0.15) is 0 Å². The van der Waals surface area contributed by atoms with E-state index in [-0.39, 0.29) is 0 Å². The van der Waals surface area contributed by atoms with Gasteiger partial charge in [0.15, 0.2) is 11.6 Å². The second-order valence-corrected chi connectivity index (χ2v) is 6.36. The topological polar surface area (TPSA) is 0 Å². The first kappa shape index (κ1) is 15.9. The minimum Gasteiger partial charge on any atom is -0.204 e. The van der Waals surface area contributed by atoms with Gasteiger partial charge in [0.25, 0.3) is 0 Å². The van der Waals surface area contributed by atoms with Gasteiger partial charge >= 0.3 is 0 Å². The average Bonchev–Trinajstić information content (AvgIpc) is 2.59. The zero-order valence-corrected chi connectivity index (χ0v) is 13.5. The first-order chi connectivity index (χ1) is 11.2. The van der Waals surface area contributed by atoms with Gasteiger partial charge in [-0.05, 0) is 59.6 Å². The first-order valence-electron chi connectivity index (χ1n) is 8.42. The highest BCUT2D eigenvalue weighted by atomic mass is 19.2. The maximum atomic E-state index is 13.4. The summed E-state index contributed by atoms with van der Waals surface area (Å²) in [5, 5.41) is 0. The number of benzene rings is 2. The van der Waals surface area contributed by atoms with Gasteiger partial charge in [0.2, 0.25) is 0 Å². The van der Waals surface area contributed by atoms with Crippen LogP contribution in [0.5, 0.6) is 0 Å². The Kier molecular flexibility index (Phi) is 4.90. The summed E-state index contributed by atoms with van der Waals surface area (Å²) in [5.74, 6) is -0.770. The van der Waals surface area contributed by atoms with Crippen molar-refractivity contribution < 1.29 is 8.78 Å². The molecule has 0 radical (unpaired) electrons. The van der Waals surface area contributed by atoms with Crippen molar-refractivity contribution in [3.05, 3.63) is 65.7 Å². The van der Waals surface area contributed by atoms with Crippen molar-refractivity contribution >= 4 is 5.57 Å². The molecule has 0 nitrogen and oxygen atoms in total. The second-order valence-electron chi connectivity index (χ2n) is 6.36. The van der Waals surface area contributed by atoms with Crippen molar-refractivity contribution in [3.8, 4) is 11.1 Å². The molecule has 0 fully saturated rings. The van der Waals surface area contributed by atoms with E-state index in [9.17, 15) is 8.78 Å². The zero-order valence-electron chi connectivity index (χ0n) is 13.5. The fourth-order valence-corrected chi connectivity index (χ4v) is 3.37. The van der Waals surface area contributed by atoms with E-state index in [4.69, 9.17) is 0 Å². The summed E-state index contributed by atoms with van der Waals surface area (Å²) in [5.41, 5.74) is 4.27. The lowest BCUT2D eigenvalue weighted by atomic mass is 9.84. The minimum absolute atomic E-state index is 0.705. The Morgan fingerprint density at radius 3 is 2.22 bits per heavy atom. The fraction of sp³-hybridized carbons (Fsp3) is 0.333. The zero-order chi connectivity index (χ0) is 16.2. The predicted molar refractivity (Wildman–Crippen MR) is 92.0 cm³/mol. The van der Waals surface area contributed by atoms with Gasteiger partial charge < -0.3 is 0 Å². The normalized spacial score (nSPS) is 17.9. The largest absolute Gasteiger partial charge is 0.204 e. The standard InChI is InChI=1S/C21H22F2/c1-2-3-15-4-6-16(7-5-15)17-8-10-18(11-9-17)19-12-13-20(22)21(23)14-19/h6,8-15H,2-5,7H2,1H3. The number of hydrogen-bond acceptors (Lipinski definition) is 0. The van der Waals surface area contributed by atoms with Crippen LogP contribution in [0, 0.1) is 17.6 Å². The molecule has 120 valence electrons. The summed E-state index contributed by atoms with van der Waals surface area (Å²) in [6.07, 6.45) is 8.53. The van der Waals surface area contributed by atoms with Gasteiger partial charge in [0, 0.05) is 0 Å². The maximum Gasteiger partial charge on any atom is 0.159 e. The van der Waals surface area contributed by atoms with Crippen LogP contribution in [0.4, 0.5) is 8.78 Å². The molecule has 23 heavy (non-hydrogen) atoms. The quantitative estimate of drug-likeness (QED) is 0.595. The van der Waals surface area contributed by atoms with Crippen LogP contribution in [0.1, 0.15) is 44.6 Å². The van der Waals surface area contributed by atoms with Gasteiger partial charge in [-0.1, -0.05) is 56.2 Å². The molecule has 2 aromatic rings. The van der Waals surface area contributed by atoms with Crippen molar-refractivity contribution in [2.45, 2.75) is 39.0 Å². The summed E-state index contributed by atoms with van der Waals surface area (Å²) in [6, 6.07) is 12.2. The molecule has 1 atom stereocenters. The van der Waals surface area contributed by atoms with Gasteiger partial charge in [-0.25, -0.2) is 8.78 Å². The molecule has 0 saturated heterocycles. The van der Waals surface area contributed by atoms with E-state index in [0.29, 0.717) is 5.56 Å². The monoisotopic (exact) mass is 312 g/mol. The Hall–Kier alpha value is -1.96. The molecule has 0 spiro atoms. The third kappa shape index (κ3) is 3.69. The number of rotatable bonds is 4. The van der Waals surface area contributed by atoms with Crippen molar-refractivity contribution in [1.82, 2.24) is 0 Å². The molecule has 2 heteroatoms. The lowest BCUT2D eigenvalue weighted by Crippen LogP contribution is -2.04. The maximum absolute atomic E-state index is 13.4. The number of allylic oxidation sites excluding steroid dienone is 2. The van der Waals surface area contributed by atoms with Crippen molar-refractivity contribution in [2.75, 3.05) is 0 Å². The Labute approximate surface area is 136 Å². The van der Waals surface area contributed by atoms with E-state index < -0.39 is 11.6 Å². The van der Waals surface area contributed by atoms with E-state index in [1.807, 2.05) is 12.1 Å². The Morgan fingerprint density at radius 2 is 1.61 bits per heavy atom. The van der Waals surface area contributed by atoms with Crippen LogP contribution in [0.2, 0.25) is 0 Å². The van der Waals surface area contributed by atoms with Gasteiger partial charge in [-0.15, -0.1) is 0 Å². The third-order valence-electron chi connectivity index (χ3n) is 4.73. The van der Waals surface area contributed by atoms with Crippen molar-refractivity contribution in [2.24, 2.45) is 5.92 Å². The Morgan fingerprint density at radius 1 is 0.913 bits per heavy atom. The molecule has 0 aliphatic heterocycles. The lowest BCUT2D eigenvalue weighted by molar-refractivity contribution is 0.445. The smallest absolute Gasteiger partial charge is 0.159 e. The first-order valence-corrected chi connectivity index (χ1v) is 8.42. The van der Waals surface area contributed by atoms with Crippen molar-refractivity contribution in [1.29, 1.82) is 0 Å².